The second-order valence-electron chi connectivity index (χ2n) is 9.55. The van der Waals surface area contributed by atoms with Crippen LogP contribution in [0.4, 0.5) is 4.39 Å². The van der Waals surface area contributed by atoms with Gasteiger partial charge in [0.2, 0.25) is 5.91 Å². The monoisotopic (exact) mass is 521 g/mol. The Morgan fingerprint density at radius 2 is 1.89 bits per heavy atom. The number of fused-ring (bicyclic) bond motifs is 1. The van der Waals surface area contributed by atoms with Crippen molar-refractivity contribution in [3.05, 3.63) is 87.7 Å². The van der Waals surface area contributed by atoms with Crippen molar-refractivity contribution in [2.75, 3.05) is 20.3 Å². The van der Waals surface area contributed by atoms with Crippen LogP contribution in [0.2, 0.25) is 5.02 Å². The highest BCUT2D eigenvalue weighted by atomic mass is 35.5. The third-order valence-corrected chi connectivity index (χ3v) is 7.63. The maximum atomic E-state index is 14.9. The minimum absolute atomic E-state index is 0.0776. The molecule has 1 aliphatic carbocycles. The first-order valence-corrected chi connectivity index (χ1v) is 12.9. The van der Waals surface area contributed by atoms with Gasteiger partial charge in [-0.25, -0.2) is 4.39 Å². The van der Waals surface area contributed by atoms with Gasteiger partial charge in [-0.1, -0.05) is 41.9 Å². The van der Waals surface area contributed by atoms with E-state index in [9.17, 15) is 14.0 Å². The number of esters is 1. The Morgan fingerprint density at radius 3 is 2.65 bits per heavy atom. The average Bonchev–Trinajstić information content (AvgIpc) is 3.69. The molecule has 2 aliphatic rings. The lowest BCUT2D eigenvalue weighted by Gasteiger charge is -2.31. The fourth-order valence-electron chi connectivity index (χ4n) is 5.35. The Kier molecular flexibility index (Phi) is 7.20. The summed E-state index contributed by atoms with van der Waals surface area (Å²) in [5, 5.41) is 0.686. The summed E-state index contributed by atoms with van der Waals surface area (Å²) in [5.74, 6) is 0.122. The van der Waals surface area contributed by atoms with Gasteiger partial charge < -0.3 is 14.4 Å². The maximum Gasteiger partial charge on any atom is 0.310 e. The molecule has 0 aromatic heterocycles. The first-order valence-electron chi connectivity index (χ1n) is 12.6. The molecule has 1 fully saturated rings. The number of nitrogens with zero attached hydrogens (tertiary/aromatic N) is 1. The fourth-order valence-corrected chi connectivity index (χ4v) is 5.62. The smallest absolute Gasteiger partial charge is 0.310 e. The highest BCUT2D eigenvalue weighted by Gasteiger charge is 2.47. The second-order valence-corrected chi connectivity index (χ2v) is 9.96. The van der Waals surface area contributed by atoms with Gasteiger partial charge in [0, 0.05) is 29.6 Å². The van der Waals surface area contributed by atoms with Gasteiger partial charge in [-0.2, -0.15) is 0 Å². The van der Waals surface area contributed by atoms with Crippen molar-refractivity contribution in [3.8, 4) is 16.9 Å². The first kappa shape index (κ1) is 25.3. The van der Waals surface area contributed by atoms with Crippen LogP contribution in [0.3, 0.4) is 0 Å². The minimum Gasteiger partial charge on any atom is -0.496 e. The van der Waals surface area contributed by atoms with E-state index in [2.05, 4.69) is 0 Å². The molecule has 5 rings (SSSR count). The number of amides is 1. The number of ether oxygens (including phenoxy) is 2. The standard InChI is InChI=1S/C30H29ClFNO4/c1-3-37-29(34)15-18-8-11-28(36-2)23(14-18)19-9-10-27(32)21-12-13-33(17-25(19)21)30(35)24-16-22(24)20-6-4-5-7-26(20)31/h4-11,14,22,24H,3,12-13,15-17H2,1-2H3/t22-,24+/m0/s1. The third kappa shape index (κ3) is 5.08. The Bertz CT molecular complexity index is 1360. The van der Waals surface area contributed by atoms with Crippen LogP contribution >= 0.6 is 11.6 Å². The maximum absolute atomic E-state index is 14.9. The molecule has 0 spiro atoms. The van der Waals surface area contributed by atoms with Gasteiger partial charge in [0.05, 0.1) is 20.1 Å². The number of carbonyl (C=O) groups excluding carboxylic acids is 2. The summed E-state index contributed by atoms with van der Waals surface area (Å²) in [5.41, 5.74) is 4.75. The number of hydrogen-bond acceptors (Lipinski definition) is 4. The number of carbonyl (C=O) groups is 2. The lowest BCUT2D eigenvalue weighted by atomic mass is 9.89. The van der Waals surface area contributed by atoms with E-state index in [1.54, 1.807) is 20.1 Å². The Morgan fingerprint density at radius 1 is 1.08 bits per heavy atom. The van der Waals surface area contributed by atoms with Crippen LogP contribution in [0.1, 0.15) is 41.5 Å². The van der Waals surface area contributed by atoms with E-state index < -0.39 is 0 Å². The highest BCUT2D eigenvalue weighted by molar-refractivity contribution is 6.31. The molecule has 7 heteroatoms. The summed E-state index contributed by atoms with van der Waals surface area (Å²) in [4.78, 5) is 27.4. The summed E-state index contributed by atoms with van der Waals surface area (Å²) < 4.78 is 25.6. The third-order valence-electron chi connectivity index (χ3n) is 7.29. The van der Waals surface area contributed by atoms with Crippen molar-refractivity contribution < 1.29 is 23.5 Å². The first-order chi connectivity index (χ1) is 17.9. The van der Waals surface area contributed by atoms with Crippen LogP contribution in [0.25, 0.3) is 11.1 Å². The van der Waals surface area contributed by atoms with E-state index in [0.717, 1.165) is 34.2 Å². The molecule has 3 aromatic rings. The van der Waals surface area contributed by atoms with Crippen LogP contribution in [0, 0.1) is 11.7 Å². The number of benzene rings is 3. The van der Waals surface area contributed by atoms with Crippen molar-refractivity contribution in [1.29, 1.82) is 0 Å². The lowest BCUT2D eigenvalue weighted by Crippen LogP contribution is -2.37. The number of hydrogen-bond donors (Lipinski definition) is 0. The van der Waals surface area contributed by atoms with Crippen molar-refractivity contribution >= 4 is 23.5 Å². The van der Waals surface area contributed by atoms with E-state index in [1.165, 1.54) is 6.07 Å². The summed E-state index contributed by atoms with van der Waals surface area (Å²) in [6.07, 6.45) is 1.34. The molecule has 0 saturated heterocycles. The predicted molar refractivity (Wildman–Crippen MR) is 140 cm³/mol. The molecule has 3 aromatic carbocycles. The lowest BCUT2D eigenvalue weighted by molar-refractivity contribution is -0.142. The molecule has 0 unspecified atom stereocenters. The minimum atomic E-state index is -0.311. The van der Waals surface area contributed by atoms with E-state index in [1.807, 2.05) is 47.4 Å². The van der Waals surface area contributed by atoms with Gasteiger partial charge in [-0.05, 0) is 77.8 Å². The second kappa shape index (κ2) is 10.5. The van der Waals surface area contributed by atoms with Gasteiger partial charge in [-0.15, -0.1) is 0 Å². The summed E-state index contributed by atoms with van der Waals surface area (Å²) >= 11 is 6.37. The molecule has 37 heavy (non-hydrogen) atoms. The van der Waals surface area contributed by atoms with Gasteiger partial charge in [0.25, 0.3) is 0 Å². The average molecular weight is 522 g/mol. The Labute approximate surface area is 221 Å². The molecule has 1 aliphatic heterocycles. The van der Waals surface area contributed by atoms with Crippen LogP contribution < -0.4 is 4.74 Å². The molecule has 192 valence electrons. The van der Waals surface area contributed by atoms with Crippen LogP contribution in [-0.4, -0.2) is 37.0 Å². The largest absolute Gasteiger partial charge is 0.496 e. The van der Waals surface area contributed by atoms with Gasteiger partial charge >= 0.3 is 5.97 Å². The van der Waals surface area contributed by atoms with Gasteiger partial charge in [-0.3, -0.25) is 9.59 Å². The topological polar surface area (TPSA) is 55.8 Å². The van der Waals surface area contributed by atoms with Crippen molar-refractivity contribution in [2.45, 2.75) is 38.6 Å². The van der Waals surface area contributed by atoms with Crippen LogP contribution in [0.5, 0.6) is 5.75 Å². The molecule has 1 heterocycles. The zero-order valence-electron chi connectivity index (χ0n) is 20.9. The summed E-state index contributed by atoms with van der Waals surface area (Å²) in [6.45, 7) is 2.87. The Balaban J connectivity index is 1.44. The zero-order chi connectivity index (χ0) is 26.1. The highest BCUT2D eigenvalue weighted by Crippen LogP contribution is 2.51. The predicted octanol–water partition coefficient (Wildman–Crippen LogP) is 5.95. The van der Waals surface area contributed by atoms with Crippen molar-refractivity contribution in [3.63, 3.8) is 0 Å². The van der Waals surface area contributed by atoms with Gasteiger partial charge in [0.15, 0.2) is 0 Å². The molecular formula is C30H29ClFNO4. The van der Waals surface area contributed by atoms with E-state index >= 15 is 0 Å². The molecule has 0 N–H and O–H groups in total. The quantitative estimate of drug-likeness (QED) is 0.361. The number of methoxy groups -OCH3 is 1. The molecule has 2 atom stereocenters. The Hall–Kier alpha value is -3.38. The summed E-state index contributed by atoms with van der Waals surface area (Å²) in [6, 6.07) is 16.4. The number of rotatable bonds is 7. The zero-order valence-corrected chi connectivity index (χ0v) is 21.7. The van der Waals surface area contributed by atoms with Crippen LogP contribution in [0.15, 0.2) is 54.6 Å². The van der Waals surface area contributed by atoms with Gasteiger partial charge in [0.1, 0.15) is 11.6 Å². The molecule has 1 amide bonds. The molecule has 5 nitrogen and oxygen atoms in total. The number of halogens is 2. The SMILES string of the molecule is CCOC(=O)Cc1ccc(OC)c(-c2ccc(F)c3c2CN(C(=O)[C@@H]2C[C@H]2c2ccccc2Cl)CC3)c1. The van der Waals surface area contributed by atoms with E-state index in [0.29, 0.717) is 42.5 Å². The van der Waals surface area contributed by atoms with E-state index in [4.69, 9.17) is 21.1 Å². The molecule has 1 saturated carbocycles. The molecule has 0 bridgehead atoms. The fraction of sp³-hybridized carbons (Fsp3) is 0.333. The molecule has 0 radical (unpaired) electrons. The van der Waals surface area contributed by atoms with Crippen LogP contribution in [-0.2, 0) is 33.7 Å². The summed E-state index contributed by atoms with van der Waals surface area (Å²) in [7, 11) is 1.58. The van der Waals surface area contributed by atoms with Crippen molar-refractivity contribution in [1.82, 2.24) is 4.90 Å². The normalized spacial score (nSPS) is 18.2. The molecular weight excluding hydrogens is 493 g/mol. The van der Waals surface area contributed by atoms with Crippen molar-refractivity contribution in [2.24, 2.45) is 5.92 Å². The van der Waals surface area contributed by atoms with E-state index in [-0.39, 0.29) is 36.0 Å².